The van der Waals surface area contributed by atoms with Gasteiger partial charge in [-0.25, -0.2) is 9.18 Å². The summed E-state index contributed by atoms with van der Waals surface area (Å²) < 4.78 is 22.3. The molecule has 1 aliphatic heterocycles. The summed E-state index contributed by atoms with van der Waals surface area (Å²) in [5.74, 6) is -2.01. The average Bonchev–Trinajstić information content (AvgIpc) is 3.17. The number of fused-ring (bicyclic) bond motifs is 3. The van der Waals surface area contributed by atoms with E-state index in [9.17, 15) is 19.8 Å². The molecule has 0 bridgehead atoms. The molecule has 1 aromatic carbocycles. The molecule has 0 spiro atoms. The summed E-state index contributed by atoms with van der Waals surface area (Å²) in [5, 5.41) is 20.6. The normalized spacial score (nSPS) is 17.6. The second-order valence-electron chi connectivity index (χ2n) is 6.61. The first kappa shape index (κ1) is 19.5. The van der Waals surface area contributed by atoms with Gasteiger partial charge in [0.05, 0.1) is 35.9 Å². The highest BCUT2D eigenvalue weighted by Gasteiger charge is 2.28. The van der Waals surface area contributed by atoms with Crippen molar-refractivity contribution in [2.24, 2.45) is 4.99 Å². The number of nitrogens with zero attached hydrogens (tertiary/aromatic N) is 3. The molecule has 1 atom stereocenters. The first-order valence-corrected chi connectivity index (χ1v) is 9.76. The van der Waals surface area contributed by atoms with Gasteiger partial charge in [-0.1, -0.05) is 0 Å². The van der Waals surface area contributed by atoms with Gasteiger partial charge in [0.15, 0.2) is 0 Å². The fourth-order valence-corrected chi connectivity index (χ4v) is 4.62. The Kier molecular flexibility index (Phi) is 5.07. The molecule has 2 aromatic heterocycles. The molecule has 29 heavy (non-hydrogen) atoms. The van der Waals surface area contributed by atoms with Crippen molar-refractivity contribution in [2.75, 3.05) is 38.3 Å². The number of aliphatic imine (C=N–C) groups is 1. The van der Waals surface area contributed by atoms with Crippen LogP contribution < -0.4 is 10.3 Å². The van der Waals surface area contributed by atoms with Crippen LogP contribution in [0.25, 0.3) is 15.7 Å². The lowest BCUT2D eigenvalue weighted by atomic mass is 10.0. The minimum atomic E-state index is -1.36. The standard InChI is InChI=1S/C19H18FN3O5S/c1-21-7-12-15-11(17(25)14(19(26)27)18-23(15)3-5-29-18)6-13(20)16(12)22-2-4-28-10(8-22)9-24/h3,5-7,10,24H,2,4,8-9H2,1H3,(H,26,27). The van der Waals surface area contributed by atoms with Gasteiger partial charge in [-0.2, -0.15) is 0 Å². The topological polar surface area (TPSA) is 104 Å². The van der Waals surface area contributed by atoms with E-state index < -0.39 is 23.3 Å². The zero-order chi connectivity index (χ0) is 20.7. The van der Waals surface area contributed by atoms with E-state index in [1.165, 1.54) is 13.3 Å². The first-order chi connectivity index (χ1) is 14.0. The van der Waals surface area contributed by atoms with Crippen molar-refractivity contribution in [3.63, 3.8) is 0 Å². The van der Waals surface area contributed by atoms with Crippen LogP contribution in [0.2, 0.25) is 0 Å². The molecule has 2 N–H and O–H groups in total. The summed E-state index contributed by atoms with van der Waals surface area (Å²) in [5.41, 5.74) is -0.103. The summed E-state index contributed by atoms with van der Waals surface area (Å²) in [6, 6.07) is 1.08. The number of carboxylic acid groups (broad SMARTS) is 1. The van der Waals surface area contributed by atoms with Crippen LogP contribution in [0.1, 0.15) is 15.9 Å². The number of rotatable bonds is 4. The molecule has 0 saturated carbocycles. The molecular weight excluding hydrogens is 401 g/mol. The minimum Gasteiger partial charge on any atom is -0.477 e. The quantitative estimate of drug-likeness (QED) is 0.623. The molecule has 3 aromatic rings. The summed E-state index contributed by atoms with van der Waals surface area (Å²) >= 11 is 1.12. The predicted molar refractivity (Wildman–Crippen MR) is 109 cm³/mol. The Morgan fingerprint density at radius 3 is 3.00 bits per heavy atom. The predicted octanol–water partition coefficient (Wildman–Crippen LogP) is 1.60. The van der Waals surface area contributed by atoms with Crippen molar-refractivity contribution in [3.8, 4) is 0 Å². The van der Waals surface area contributed by atoms with Crippen molar-refractivity contribution in [3.05, 3.63) is 44.8 Å². The number of thiazole rings is 1. The smallest absolute Gasteiger partial charge is 0.342 e. The van der Waals surface area contributed by atoms with Gasteiger partial charge in [-0.15, -0.1) is 11.3 Å². The molecule has 10 heteroatoms. The van der Waals surface area contributed by atoms with Gasteiger partial charge in [0.2, 0.25) is 5.43 Å². The van der Waals surface area contributed by atoms with Crippen molar-refractivity contribution in [1.82, 2.24) is 4.40 Å². The van der Waals surface area contributed by atoms with E-state index in [4.69, 9.17) is 4.74 Å². The lowest BCUT2D eigenvalue weighted by molar-refractivity contribution is 0.00341. The summed E-state index contributed by atoms with van der Waals surface area (Å²) in [4.78, 5) is 30.7. The Morgan fingerprint density at radius 1 is 1.52 bits per heavy atom. The largest absolute Gasteiger partial charge is 0.477 e. The number of aliphatic hydroxyl groups excluding tert-OH is 1. The van der Waals surface area contributed by atoms with Crippen molar-refractivity contribution in [2.45, 2.75) is 6.10 Å². The average molecular weight is 419 g/mol. The molecule has 0 radical (unpaired) electrons. The number of anilines is 1. The number of hydrogen-bond donors (Lipinski definition) is 2. The highest BCUT2D eigenvalue weighted by atomic mass is 32.1. The molecule has 1 unspecified atom stereocenters. The van der Waals surface area contributed by atoms with Crippen LogP contribution in [0.4, 0.5) is 10.1 Å². The van der Waals surface area contributed by atoms with Crippen LogP contribution in [0.5, 0.6) is 0 Å². The maximum absolute atomic E-state index is 15.3. The third-order valence-corrected chi connectivity index (χ3v) is 5.81. The molecule has 0 aliphatic carbocycles. The van der Waals surface area contributed by atoms with E-state index in [1.54, 1.807) is 20.9 Å². The molecule has 1 aliphatic rings. The maximum atomic E-state index is 15.3. The molecular formula is C19H18FN3O5S. The zero-order valence-corrected chi connectivity index (χ0v) is 16.3. The van der Waals surface area contributed by atoms with E-state index in [0.29, 0.717) is 24.2 Å². The van der Waals surface area contributed by atoms with Crippen LogP contribution in [-0.2, 0) is 4.74 Å². The van der Waals surface area contributed by atoms with Crippen LogP contribution in [0.15, 0.2) is 27.4 Å². The zero-order valence-electron chi connectivity index (χ0n) is 15.5. The van der Waals surface area contributed by atoms with Crippen molar-refractivity contribution < 1.29 is 24.1 Å². The monoisotopic (exact) mass is 419 g/mol. The van der Waals surface area contributed by atoms with Crippen LogP contribution in [0.3, 0.4) is 0 Å². The van der Waals surface area contributed by atoms with Gasteiger partial charge in [0.1, 0.15) is 16.2 Å². The van der Waals surface area contributed by atoms with Crippen LogP contribution >= 0.6 is 11.3 Å². The number of aromatic carboxylic acids is 1. The second-order valence-corrected chi connectivity index (χ2v) is 7.51. The molecule has 0 amide bonds. The van der Waals surface area contributed by atoms with E-state index in [-0.39, 0.29) is 34.6 Å². The van der Waals surface area contributed by atoms with E-state index in [0.717, 1.165) is 17.4 Å². The molecule has 1 saturated heterocycles. The van der Waals surface area contributed by atoms with Crippen molar-refractivity contribution >= 4 is 44.9 Å². The number of benzene rings is 1. The SMILES string of the molecule is CN=Cc1c(N2CCOC(CO)C2)c(F)cc2c(=O)c(C(=O)O)c3sccn3c12. The highest BCUT2D eigenvalue weighted by molar-refractivity contribution is 7.16. The number of morpholine rings is 1. The molecule has 8 nitrogen and oxygen atoms in total. The Labute approximate surface area is 168 Å². The number of pyridine rings is 1. The van der Waals surface area contributed by atoms with Gasteiger partial charge < -0.3 is 24.3 Å². The summed E-state index contributed by atoms with van der Waals surface area (Å²) in [7, 11) is 1.54. The molecule has 3 heterocycles. The molecule has 152 valence electrons. The van der Waals surface area contributed by atoms with Gasteiger partial charge >= 0.3 is 5.97 Å². The van der Waals surface area contributed by atoms with Crippen LogP contribution in [0, 0.1) is 5.82 Å². The maximum Gasteiger partial charge on any atom is 0.342 e. The number of aromatic nitrogens is 1. The first-order valence-electron chi connectivity index (χ1n) is 8.88. The number of aliphatic hydroxyl groups is 1. The highest BCUT2D eigenvalue weighted by Crippen LogP contribution is 2.33. The third kappa shape index (κ3) is 3.09. The van der Waals surface area contributed by atoms with Crippen LogP contribution in [-0.4, -0.2) is 66.3 Å². The van der Waals surface area contributed by atoms with Gasteiger partial charge in [-0.05, 0) is 6.07 Å². The number of halogens is 1. The molecule has 4 rings (SSSR count). The fraction of sp³-hybridized carbons (Fsp3) is 0.316. The van der Waals surface area contributed by atoms with Gasteiger partial charge in [0.25, 0.3) is 0 Å². The number of carbonyl (C=O) groups is 1. The lowest BCUT2D eigenvalue weighted by Gasteiger charge is -2.35. The fourth-order valence-electron chi connectivity index (χ4n) is 3.74. The van der Waals surface area contributed by atoms with Gasteiger partial charge in [-0.3, -0.25) is 9.79 Å². The lowest BCUT2D eigenvalue weighted by Crippen LogP contribution is -2.45. The Hall–Kier alpha value is -2.82. The van der Waals surface area contributed by atoms with E-state index in [2.05, 4.69) is 4.99 Å². The summed E-state index contributed by atoms with van der Waals surface area (Å²) in [6.07, 6.45) is 2.66. The Morgan fingerprint density at radius 2 is 2.31 bits per heavy atom. The van der Waals surface area contributed by atoms with E-state index >= 15 is 4.39 Å². The minimum absolute atomic E-state index is 0.0265. The molecule has 1 fully saturated rings. The van der Waals surface area contributed by atoms with Gasteiger partial charge in [0, 0.05) is 43.5 Å². The Bertz CT molecular complexity index is 1200. The number of carboxylic acids is 1. The van der Waals surface area contributed by atoms with Crippen molar-refractivity contribution in [1.29, 1.82) is 0 Å². The summed E-state index contributed by atoms with van der Waals surface area (Å²) in [6.45, 7) is 0.799. The number of hydrogen-bond acceptors (Lipinski definition) is 7. The van der Waals surface area contributed by atoms with E-state index in [1.807, 2.05) is 0 Å². The second kappa shape index (κ2) is 7.54. The third-order valence-electron chi connectivity index (χ3n) is 4.93. The Balaban J connectivity index is 2.11. The number of ether oxygens (including phenoxy) is 1.